The second-order valence-corrected chi connectivity index (χ2v) is 6.67. The van der Waals surface area contributed by atoms with Crippen LogP contribution >= 0.6 is 15.9 Å². The quantitative estimate of drug-likeness (QED) is 0.702. The second-order valence-electron chi connectivity index (χ2n) is 5.29. The highest BCUT2D eigenvalue weighted by Crippen LogP contribution is 2.54. The Bertz CT molecular complexity index is 533. The van der Waals surface area contributed by atoms with Crippen LogP contribution in [0.3, 0.4) is 0 Å². The molecule has 0 aliphatic heterocycles. The summed E-state index contributed by atoms with van der Waals surface area (Å²) in [6.07, 6.45) is 3.94. The molecule has 1 aliphatic rings. The van der Waals surface area contributed by atoms with Crippen LogP contribution in [0.5, 0.6) is 0 Å². The van der Waals surface area contributed by atoms with Crippen LogP contribution in [0, 0.1) is 5.41 Å². The van der Waals surface area contributed by atoms with Crippen molar-refractivity contribution in [2.45, 2.75) is 31.0 Å². The van der Waals surface area contributed by atoms with Gasteiger partial charge < -0.3 is 0 Å². The maximum Gasteiger partial charge on any atom is 0.0177 e. The van der Waals surface area contributed by atoms with Gasteiger partial charge in [-0.1, -0.05) is 65.3 Å². The van der Waals surface area contributed by atoms with Crippen LogP contribution in [0.25, 0.3) is 10.8 Å². The van der Waals surface area contributed by atoms with Crippen molar-refractivity contribution in [3.63, 3.8) is 0 Å². The monoisotopic (exact) mass is 288 g/mol. The van der Waals surface area contributed by atoms with Gasteiger partial charge in [0, 0.05) is 4.83 Å². The summed E-state index contributed by atoms with van der Waals surface area (Å²) in [5.41, 5.74) is 2.02. The number of alkyl halides is 1. The van der Waals surface area contributed by atoms with Crippen LogP contribution in [0.4, 0.5) is 0 Å². The molecule has 2 aromatic rings. The molecule has 1 saturated carbocycles. The fourth-order valence-corrected chi connectivity index (χ4v) is 3.32. The molecular formula is C16H17Br. The Morgan fingerprint density at radius 2 is 1.82 bits per heavy atom. The van der Waals surface area contributed by atoms with Crippen molar-refractivity contribution in [1.82, 2.24) is 0 Å². The van der Waals surface area contributed by atoms with Crippen molar-refractivity contribution < 1.29 is 0 Å². The van der Waals surface area contributed by atoms with Gasteiger partial charge in [-0.25, -0.2) is 0 Å². The van der Waals surface area contributed by atoms with E-state index in [4.69, 9.17) is 0 Å². The molecular weight excluding hydrogens is 272 g/mol. The third-order valence-corrected chi connectivity index (χ3v) is 5.13. The van der Waals surface area contributed by atoms with Crippen LogP contribution in [0.15, 0.2) is 42.5 Å². The van der Waals surface area contributed by atoms with E-state index in [2.05, 4.69) is 65.3 Å². The average Bonchev–Trinajstić information content (AvgIpc) is 3.11. The maximum atomic E-state index is 3.78. The van der Waals surface area contributed by atoms with E-state index in [-0.39, 0.29) is 0 Å². The van der Waals surface area contributed by atoms with Crippen LogP contribution < -0.4 is 0 Å². The molecule has 0 aromatic heterocycles. The SMILES string of the molecule is CC(Br)C1(Cc2cccc3ccccc23)CC1. The highest BCUT2D eigenvalue weighted by molar-refractivity contribution is 9.09. The van der Waals surface area contributed by atoms with E-state index in [1.165, 1.54) is 35.6 Å². The van der Waals surface area contributed by atoms with Crippen molar-refractivity contribution in [2.75, 3.05) is 0 Å². The predicted octanol–water partition coefficient (Wildman–Crippen LogP) is 4.95. The minimum atomic E-state index is 0.518. The molecule has 0 radical (unpaired) electrons. The van der Waals surface area contributed by atoms with E-state index in [1.807, 2.05) is 0 Å². The Labute approximate surface area is 111 Å². The zero-order chi connectivity index (χ0) is 11.9. The fraction of sp³-hybridized carbons (Fsp3) is 0.375. The van der Waals surface area contributed by atoms with Gasteiger partial charge in [-0.3, -0.25) is 0 Å². The molecule has 0 spiro atoms. The Morgan fingerprint density at radius 3 is 2.53 bits per heavy atom. The lowest BCUT2D eigenvalue weighted by molar-refractivity contribution is 0.511. The summed E-state index contributed by atoms with van der Waals surface area (Å²) < 4.78 is 0. The lowest BCUT2D eigenvalue weighted by atomic mass is 9.91. The first-order valence-electron chi connectivity index (χ1n) is 6.32. The molecule has 0 N–H and O–H groups in total. The lowest BCUT2D eigenvalue weighted by Crippen LogP contribution is -2.15. The minimum Gasteiger partial charge on any atom is -0.0888 e. The normalized spacial score (nSPS) is 19.2. The Morgan fingerprint density at radius 1 is 1.12 bits per heavy atom. The van der Waals surface area contributed by atoms with Crippen LogP contribution in [0.2, 0.25) is 0 Å². The Balaban J connectivity index is 2.01. The molecule has 1 heteroatoms. The van der Waals surface area contributed by atoms with Gasteiger partial charge in [0.1, 0.15) is 0 Å². The van der Waals surface area contributed by atoms with Crippen LogP contribution in [-0.2, 0) is 6.42 Å². The summed E-state index contributed by atoms with van der Waals surface area (Å²) in [7, 11) is 0. The Hall–Kier alpha value is -0.820. The summed E-state index contributed by atoms with van der Waals surface area (Å²) in [6, 6.07) is 15.4. The molecule has 0 amide bonds. The van der Waals surface area contributed by atoms with E-state index < -0.39 is 0 Å². The van der Waals surface area contributed by atoms with Gasteiger partial charge in [-0.2, -0.15) is 0 Å². The first kappa shape index (κ1) is 11.3. The number of fused-ring (bicyclic) bond motifs is 1. The van der Waals surface area contributed by atoms with Crippen molar-refractivity contribution in [3.8, 4) is 0 Å². The van der Waals surface area contributed by atoms with Gasteiger partial charge in [0.25, 0.3) is 0 Å². The minimum absolute atomic E-state index is 0.518. The number of hydrogen-bond acceptors (Lipinski definition) is 0. The number of halogens is 1. The number of rotatable bonds is 3. The fourth-order valence-electron chi connectivity index (χ4n) is 2.70. The maximum absolute atomic E-state index is 3.78. The second kappa shape index (κ2) is 4.13. The van der Waals surface area contributed by atoms with Gasteiger partial charge in [-0.05, 0) is 41.0 Å². The summed E-state index contributed by atoms with van der Waals surface area (Å²) >= 11 is 3.78. The van der Waals surface area contributed by atoms with Gasteiger partial charge in [0.05, 0.1) is 0 Å². The molecule has 0 saturated heterocycles. The molecule has 0 heterocycles. The highest BCUT2D eigenvalue weighted by atomic mass is 79.9. The third-order valence-electron chi connectivity index (χ3n) is 4.16. The highest BCUT2D eigenvalue weighted by Gasteiger charge is 2.46. The van der Waals surface area contributed by atoms with E-state index in [9.17, 15) is 0 Å². The van der Waals surface area contributed by atoms with Crippen molar-refractivity contribution >= 4 is 26.7 Å². The van der Waals surface area contributed by atoms with Crippen LogP contribution in [-0.4, -0.2) is 4.83 Å². The molecule has 0 nitrogen and oxygen atoms in total. The molecule has 2 aromatic carbocycles. The zero-order valence-electron chi connectivity index (χ0n) is 10.1. The molecule has 88 valence electrons. The van der Waals surface area contributed by atoms with E-state index in [0.717, 1.165) is 0 Å². The molecule has 17 heavy (non-hydrogen) atoms. The Kier molecular flexibility index (Phi) is 2.74. The standard InChI is InChI=1S/C16H17Br/c1-12(17)16(9-10-16)11-14-7-4-6-13-5-2-3-8-15(13)14/h2-8,12H,9-11H2,1H3. The summed E-state index contributed by atoms with van der Waals surface area (Å²) in [5, 5.41) is 2.79. The first-order chi connectivity index (χ1) is 8.21. The first-order valence-corrected chi connectivity index (χ1v) is 7.24. The van der Waals surface area contributed by atoms with Crippen LogP contribution in [0.1, 0.15) is 25.3 Å². The van der Waals surface area contributed by atoms with Crippen molar-refractivity contribution in [2.24, 2.45) is 5.41 Å². The van der Waals surface area contributed by atoms with Gasteiger partial charge in [-0.15, -0.1) is 0 Å². The van der Waals surface area contributed by atoms with Gasteiger partial charge >= 0.3 is 0 Å². The predicted molar refractivity (Wildman–Crippen MR) is 77.7 cm³/mol. The number of hydrogen-bond donors (Lipinski definition) is 0. The summed E-state index contributed by atoms with van der Waals surface area (Å²) in [4.78, 5) is 0.619. The van der Waals surface area contributed by atoms with E-state index in [0.29, 0.717) is 10.2 Å². The van der Waals surface area contributed by atoms with Crippen molar-refractivity contribution in [1.29, 1.82) is 0 Å². The van der Waals surface area contributed by atoms with Crippen molar-refractivity contribution in [3.05, 3.63) is 48.0 Å². The molecule has 1 unspecified atom stereocenters. The van der Waals surface area contributed by atoms with Gasteiger partial charge in [0.15, 0.2) is 0 Å². The van der Waals surface area contributed by atoms with Gasteiger partial charge in [0.2, 0.25) is 0 Å². The molecule has 1 atom stereocenters. The van der Waals surface area contributed by atoms with E-state index >= 15 is 0 Å². The molecule has 0 bridgehead atoms. The molecule has 3 rings (SSSR count). The smallest absolute Gasteiger partial charge is 0.0177 e. The topological polar surface area (TPSA) is 0 Å². The molecule has 1 fully saturated rings. The average molecular weight is 289 g/mol. The zero-order valence-corrected chi connectivity index (χ0v) is 11.7. The largest absolute Gasteiger partial charge is 0.0888 e. The molecule has 1 aliphatic carbocycles. The lowest BCUT2D eigenvalue weighted by Gasteiger charge is -2.19. The summed E-state index contributed by atoms with van der Waals surface area (Å²) in [6.45, 7) is 2.29. The summed E-state index contributed by atoms with van der Waals surface area (Å²) in [5.74, 6) is 0. The third kappa shape index (κ3) is 2.01. The number of benzene rings is 2. The van der Waals surface area contributed by atoms with E-state index in [1.54, 1.807) is 0 Å².